The van der Waals surface area contributed by atoms with Gasteiger partial charge in [-0.05, 0) is 25.1 Å². The molecule has 0 saturated heterocycles. The smallest absolute Gasteiger partial charge is 0.337 e. The normalized spacial score (nSPS) is 12.3. The third-order valence-corrected chi connectivity index (χ3v) is 2.43. The quantitative estimate of drug-likeness (QED) is 0.577. The van der Waals surface area contributed by atoms with Gasteiger partial charge in [0.05, 0.1) is 24.0 Å². The Kier molecular flexibility index (Phi) is 6.27. The monoisotopic (exact) mass is 254 g/mol. The van der Waals surface area contributed by atoms with Crippen LogP contribution in [0.4, 0.5) is 0 Å². The van der Waals surface area contributed by atoms with Crippen LogP contribution in [0.25, 0.3) is 0 Å². The van der Waals surface area contributed by atoms with Crippen LogP contribution in [-0.4, -0.2) is 47.5 Å². The van der Waals surface area contributed by atoms with Gasteiger partial charge >= 0.3 is 5.97 Å². The molecule has 0 saturated carbocycles. The third-order valence-electron chi connectivity index (χ3n) is 2.43. The van der Waals surface area contributed by atoms with Gasteiger partial charge in [0.15, 0.2) is 0 Å². The number of ether oxygens (including phenoxy) is 1. The molecule has 0 aliphatic carbocycles. The van der Waals surface area contributed by atoms with Crippen molar-refractivity contribution in [3.8, 4) is 0 Å². The van der Waals surface area contributed by atoms with Gasteiger partial charge in [0, 0.05) is 19.9 Å². The van der Waals surface area contributed by atoms with Gasteiger partial charge < -0.3 is 20.3 Å². The highest BCUT2D eigenvalue weighted by Gasteiger charge is 2.10. The van der Waals surface area contributed by atoms with Crippen molar-refractivity contribution in [2.75, 3.05) is 20.3 Å². The number of methoxy groups -OCH3 is 1. The number of aliphatic hydroxyl groups is 1. The average molecular weight is 254 g/mol. The van der Waals surface area contributed by atoms with Crippen LogP contribution in [0.15, 0.2) is 18.3 Å². The maximum Gasteiger partial charge on any atom is 0.337 e. The highest BCUT2D eigenvalue weighted by Crippen LogP contribution is 2.04. The molecule has 1 aromatic heterocycles. The molecule has 0 fully saturated rings. The van der Waals surface area contributed by atoms with E-state index in [1.165, 1.54) is 13.2 Å². The summed E-state index contributed by atoms with van der Waals surface area (Å²) in [6, 6.07) is 3.11. The fraction of sp³-hybridized carbons (Fsp3) is 0.500. The Hall–Kier alpha value is -1.50. The zero-order chi connectivity index (χ0) is 13.4. The van der Waals surface area contributed by atoms with Gasteiger partial charge in [-0.1, -0.05) is 0 Å². The first-order chi connectivity index (χ1) is 8.65. The number of hydrogen-bond donors (Lipinski definition) is 3. The van der Waals surface area contributed by atoms with Crippen LogP contribution in [0.1, 0.15) is 22.5 Å². The maximum absolute atomic E-state index is 10.9. The number of nitrogens with zero attached hydrogens (tertiary/aromatic N) is 1. The molecule has 1 rings (SSSR count). The number of carboxylic acids is 1. The first-order valence-corrected chi connectivity index (χ1v) is 5.70. The zero-order valence-corrected chi connectivity index (χ0v) is 10.3. The molecule has 0 spiro atoms. The Labute approximate surface area is 106 Å². The third kappa shape index (κ3) is 4.79. The summed E-state index contributed by atoms with van der Waals surface area (Å²) in [4.78, 5) is 14.9. The van der Waals surface area contributed by atoms with Crippen LogP contribution in [0.5, 0.6) is 0 Å². The van der Waals surface area contributed by atoms with Crippen molar-refractivity contribution in [1.82, 2.24) is 10.3 Å². The standard InChI is InChI=1S/C12H18N2O4/c1-18-8-9(15)4-6-13-7-11-10(12(16)17)3-2-5-14-11/h2-3,5,9,13,15H,4,6-8H2,1H3,(H,16,17). The number of pyridine rings is 1. The van der Waals surface area contributed by atoms with Crippen LogP contribution in [-0.2, 0) is 11.3 Å². The van der Waals surface area contributed by atoms with E-state index in [9.17, 15) is 9.90 Å². The van der Waals surface area contributed by atoms with Crippen LogP contribution >= 0.6 is 0 Å². The van der Waals surface area contributed by atoms with Gasteiger partial charge in [0.25, 0.3) is 0 Å². The van der Waals surface area contributed by atoms with E-state index in [1.54, 1.807) is 12.3 Å². The number of carboxylic acid groups (broad SMARTS) is 1. The van der Waals surface area contributed by atoms with E-state index in [1.807, 2.05) is 0 Å². The SMILES string of the molecule is COCC(O)CCNCc1ncccc1C(=O)O. The lowest BCUT2D eigenvalue weighted by Gasteiger charge is -2.10. The van der Waals surface area contributed by atoms with Crippen molar-refractivity contribution >= 4 is 5.97 Å². The summed E-state index contributed by atoms with van der Waals surface area (Å²) < 4.78 is 4.80. The van der Waals surface area contributed by atoms with E-state index in [2.05, 4.69) is 10.3 Å². The molecular weight excluding hydrogens is 236 g/mol. The summed E-state index contributed by atoms with van der Waals surface area (Å²) >= 11 is 0. The lowest BCUT2D eigenvalue weighted by Crippen LogP contribution is -2.24. The van der Waals surface area contributed by atoms with E-state index in [0.29, 0.717) is 31.8 Å². The van der Waals surface area contributed by atoms with E-state index >= 15 is 0 Å². The average Bonchev–Trinajstić information content (AvgIpc) is 2.35. The molecule has 0 amide bonds. The van der Waals surface area contributed by atoms with E-state index in [-0.39, 0.29) is 5.56 Å². The van der Waals surface area contributed by atoms with Gasteiger partial charge in [-0.3, -0.25) is 4.98 Å². The molecule has 0 aliphatic rings. The summed E-state index contributed by atoms with van der Waals surface area (Å²) in [5.74, 6) is -0.987. The molecule has 1 unspecified atom stereocenters. The fourth-order valence-electron chi connectivity index (χ4n) is 1.52. The van der Waals surface area contributed by atoms with Gasteiger partial charge in [-0.15, -0.1) is 0 Å². The molecule has 100 valence electrons. The summed E-state index contributed by atoms with van der Waals surface area (Å²) in [5, 5.41) is 21.4. The lowest BCUT2D eigenvalue weighted by molar-refractivity contribution is 0.0593. The van der Waals surface area contributed by atoms with Crippen molar-refractivity contribution in [3.63, 3.8) is 0 Å². The molecule has 1 atom stereocenters. The second-order valence-corrected chi connectivity index (χ2v) is 3.88. The second-order valence-electron chi connectivity index (χ2n) is 3.88. The first-order valence-electron chi connectivity index (χ1n) is 5.70. The van der Waals surface area contributed by atoms with Crippen molar-refractivity contribution in [2.45, 2.75) is 19.1 Å². The van der Waals surface area contributed by atoms with Crippen LogP contribution < -0.4 is 5.32 Å². The molecule has 1 heterocycles. The molecule has 0 bridgehead atoms. The zero-order valence-electron chi connectivity index (χ0n) is 10.3. The maximum atomic E-state index is 10.9. The molecule has 1 aromatic rings. The minimum atomic E-state index is -0.987. The Bertz CT molecular complexity index is 384. The number of aromatic nitrogens is 1. The van der Waals surface area contributed by atoms with Crippen molar-refractivity contribution in [1.29, 1.82) is 0 Å². The Morgan fingerprint density at radius 1 is 1.61 bits per heavy atom. The number of rotatable bonds is 8. The molecule has 6 nitrogen and oxygen atoms in total. The Morgan fingerprint density at radius 2 is 2.39 bits per heavy atom. The minimum absolute atomic E-state index is 0.197. The van der Waals surface area contributed by atoms with E-state index in [4.69, 9.17) is 9.84 Å². The van der Waals surface area contributed by atoms with E-state index in [0.717, 1.165) is 0 Å². The first kappa shape index (κ1) is 14.6. The van der Waals surface area contributed by atoms with Gasteiger partial charge in [-0.25, -0.2) is 4.79 Å². The largest absolute Gasteiger partial charge is 0.478 e. The number of aliphatic hydroxyl groups excluding tert-OH is 1. The number of carbonyl (C=O) groups is 1. The van der Waals surface area contributed by atoms with Crippen LogP contribution in [0, 0.1) is 0 Å². The predicted octanol–water partition coefficient (Wildman–Crippen LogP) is 0.267. The van der Waals surface area contributed by atoms with Crippen LogP contribution in [0.3, 0.4) is 0 Å². The summed E-state index contributed by atoms with van der Waals surface area (Å²) in [6.07, 6.45) is 1.59. The molecule has 0 aliphatic heterocycles. The number of aromatic carboxylic acids is 1. The minimum Gasteiger partial charge on any atom is -0.478 e. The molecule has 6 heteroatoms. The van der Waals surface area contributed by atoms with Gasteiger partial charge in [-0.2, -0.15) is 0 Å². The highest BCUT2D eigenvalue weighted by atomic mass is 16.5. The Balaban J connectivity index is 2.37. The number of nitrogens with one attached hydrogen (secondary N) is 1. The molecule has 0 radical (unpaired) electrons. The highest BCUT2D eigenvalue weighted by molar-refractivity contribution is 5.88. The second kappa shape index (κ2) is 7.75. The predicted molar refractivity (Wildman–Crippen MR) is 65.4 cm³/mol. The molecule has 18 heavy (non-hydrogen) atoms. The summed E-state index contributed by atoms with van der Waals surface area (Å²) in [6.45, 7) is 1.23. The van der Waals surface area contributed by atoms with Crippen molar-refractivity contribution in [2.24, 2.45) is 0 Å². The molecular formula is C12H18N2O4. The topological polar surface area (TPSA) is 91.7 Å². The van der Waals surface area contributed by atoms with Gasteiger partial charge in [0.2, 0.25) is 0 Å². The molecule has 0 aromatic carbocycles. The number of hydrogen-bond acceptors (Lipinski definition) is 5. The lowest BCUT2D eigenvalue weighted by atomic mass is 10.2. The van der Waals surface area contributed by atoms with Crippen LogP contribution in [0.2, 0.25) is 0 Å². The fourth-order valence-corrected chi connectivity index (χ4v) is 1.52. The Morgan fingerprint density at radius 3 is 3.06 bits per heavy atom. The molecule has 3 N–H and O–H groups in total. The van der Waals surface area contributed by atoms with Crippen molar-refractivity contribution in [3.05, 3.63) is 29.6 Å². The van der Waals surface area contributed by atoms with Gasteiger partial charge in [0.1, 0.15) is 0 Å². The van der Waals surface area contributed by atoms with Crippen molar-refractivity contribution < 1.29 is 19.7 Å². The summed E-state index contributed by atoms with van der Waals surface area (Å²) in [5.41, 5.74) is 0.689. The summed E-state index contributed by atoms with van der Waals surface area (Å²) in [7, 11) is 1.53. The van der Waals surface area contributed by atoms with E-state index < -0.39 is 12.1 Å².